The van der Waals surface area contributed by atoms with Crippen LogP contribution in [0.25, 0.3) is 0 Å². The summed E-state index contributed by atoms with van der Waals surface area (Å²) in [7, 11) is 4.26. The number of ether oxygens (including phenoxy) is 5. The van der Waals surface area contributed by atoms with E-state index in [-0.39, 0.29) is 6.79 Å². The highest BCUT2D eigenvalue weighted by atomic mass is 16.7. The molecule has 0 saturated heterocycles. The zero-order chi connectivity index (χ0) is 14.3. The highest BCUT2D eigenvalue weighted by Gasteiger charge is 2.17. The normalized spacial score (nSPS) is 9.89. The number of esters is 1. The topological polar surface area (TPSA) is 63.2 Å². The van der Waals surface area contributed by atoms with Crippen molar-refractivity contribution >= 4 is 5.97 Å². The molecule has 6 nitrogen and oxygen atoms in total. The second-order valence-corrected chi connectivity index (χ2v) is 3.46. The van der Waals surface area contributed by atoms with Crippen molar-refractivity contribution in [3.63, 3.8) is 0 Å². The van der Waals surface area contributed by atoms with E-state index >= 15 is 0 Å². The Bertz CT molecular complexity index is 404. The van der Waals surface area contributed by atoms with Gasteiger partial charge in [-0.05, 0) is 19.1 Å². The van der Waals surface area contributed by atoms with E-state index in [0.717, 1.165) is 0 Å². The van der Waals surface area contributed by atoms with Crippen molar-refractivity contribution in [1.82, 2.24) is 0 Å². The molecule has 1 aromatic carbocycles. The van der Waals surface area contributed by atoms with Crippen LogP contribution in [-0.2, 0) is 9.47 Å². The summed E-state index contributed by atoms with van der Waals surface area (Å²) in [5, 5.41) is 0. The van der Waals surface area contributed by atoms with Gasteiger partial charge in [-0.15, -0.1) is 0 Å². The molecule has 0 aromatic heterocycles. The van der Waals surface area contributed by atoms with Crippen LogP contribution in [0.2, 0.25) is 0 Å². The standard InChI is InChI=1S/C13H18O6/c1-5-18-8-19-12-10(15-2)6-9(13(14)17-4)7-11(12)16-3/h6-7H,5,8H2,1-4H3. The number of carbonyl (C=O) groups excluding carboxylic acids is 1. The van der Waals surface area contributed by atoms with E-state index in [2.05, 4.69) is 4.74 Å². The van der Waals surface area contributed by atoms with Gasteiger partial charge in [0.2, 0.25) is 5.75 Å². The zero-order valence-electron chi connectivity index (χ0n) is 11.5. The molecule has 0 aliphatic carbocycles. The minimum atomic E-state index is -0.479. The molecule has 0 unspecified atom stereocenters. The third kappa shape index (κ3) is 3.75. The lowest BCUT2D eigenvalue weighted by molar-refractivity contribution is 0.0193. The molecule has 0 aliphatic rings. The maximum atomic E-state index is 11.5. The van der Waals surface area contributed by atoms with Crippen molar-refractivity contribution in [2.75, 3.05) is 34.7 Å². The summed E-state index contributed by atoms with van der Waals surface area (Å²) in [5.74, 6) is 0.651. The van der Waals surface area contributed by atoms with Crippen molar-refractivity contribution in [1.29, 1.82) is 0 Å². The Balaban J connectivity index is 3.10. The molecule has 6 heteroatoms. The molecule has 0 bridgehead atoms. The van der Waals surface area contributed by atoms with E-state index in [4.69, 9.17) is 18.9 Å². The summed E-state index contributed by atoms with van der Waals surface area (Å²) in [6.07, 6.45) is 0. The molecule has 0 saturated carbocycles. The van der Waals surface area contributed by atoms with Crippen LogP contribution in [0, 0.1) is 0 Å². The molecule has 0 radical (unpaired) electrons. The Morgan fingerprint density at radius 2 is 1.68 bits per heavy atom. The highest BCUT2D eigenvalue weighted by molar-refractivity contribution is 5.91. The summed E-state index contributed by atoms with van der Waals surface area (Å²) >= 11 is 0. The summed E-state index contributed by atoms with van der Waals surface area (Å²) < 4.78 is 25.6. The number of carbonyl (C=O) groups is 1. The Kier molecular flexibility index (Phi) is 5.95. The molecule has 1 aromatic rings. The van der Waals surface area contributed by atoms with Gasteiger partial charge in [-0.25, -0.2) is 4.79 Å². The van der Waals surface area contributed by atoms with Crippen LogP contribution in [0.3, 0.4) is 0 Å². The lowest BCUT2D eigenvalue weighted by Crippen LogP contribution is -2.07. The first-order chi connectivity index (χ1) is 9.17. The molecule has 0 N–H and O–H groups in total. The minimum absolute atomic E-state index is 0.0702. The smallest absolute Gasteiger partial charge is 0.338 e. The van der Waals surface area contributed by atoms with Crippen molar-refractivity contribution in [3.8, 4) is 17.2 Å². The SMILES string of the molecule is CCOCOc1c(OC)cc(C(=O)OC)cc1OC. The van der Waals surface area contributed by atoms with Gasteiger partial charge < -0.3 is 23.7 Å². The van der Waals surface area contributed by atoms with Gasteiger partial charge in [-0.1, -0.05) is 0 Å². The fraction of sp³-hybridized carbons (Fsp3) is 0.462. The molecule has 19 heavy (non-hydrogen) atoms. The fourth-order valence-electron chi connectivity index (χ4n) is 1.44. The maximum Gasteiger partial charge on any atom is 0.338 e. The van der Waals surface area contributed by atoms with Crippen LogP contribution < -0.4 is 14.2 Å². The second kappa shape index (κ2) is 7.48. The number of hydrogen-bond acceptors (Lipinski definition) is 6. The van der Waals surface area contributed by atoms with Crippen molar-refractivity contribution in [2.45, 2.75) is 6.92 Å². The monoisotopic (exact) mass is 270 g/mol. The lowest BCUT2D eigenvalue weighted by Gasteiger charge is -2.15. The summed E-state index contributed by atoms with van der Waals surface area (Å²) in [4.78, 5) is 11.5. The molecule has 1 rings (SSSR count). The van der Waals surface area contributed by atoms with Crippen LogP contribution in [0.5, 0.6) is 17.2 Å². The average Bonchev–Trinajstić information content (AvgIpc) is 2.46. The third-order valence-electron chi connectivity index (χ3n) is 2.37. The molecule has 0 spiro atoms. The average molecular weight is 270 g/mol. The van der Waals surface area contributed by atoms with Gasteiger partial charge in [0.05, 0.1) is 26.9 Å². The molecule has 0 heterocycles. The molecule has 0 amide bonds. The van der Waals surface area contributed by atoms with Crippen LogP contribution >= 0.6 is 0 Å². The van der Waals surface area contributed by atoms with E-state index in [9.17, 15) is 4.79 Å². The Morgan fingerprint density at radius 3 is 2.11 bits per heavy atom. The Morgan fingerprint density at radius 1 is 1.11 bits per heavy atom. The van der Waals surface area contributed by atoms with Gasteiger partial charge in [-0.3, -0.25) is 0 Å². The van der Waals surface area contributed by atoms with Crippen molar-refractivity contribution < 1.29 is 28.5 Å². The Labute approximate surface area is 112 Å². The van der Waals surface area contributed by atoms with Crippen LogP contribution in [0.15, 0.2) is 12.1 Å². The molecule has 106 valence electrons. The number of methoxy groups -OCH3 is 3. The van der Waals surface area contributed by atoms with Gasteiger partial charge in [-0.2, -0.15) is 0 Å². The summed E-state index contributed by atoms with van der Waals surface area (Å²) in [5.41, 5.74) is 0.319. The number of rotatable bonds is 7. The summed E-state index contributed by atoms with van der Waals surface area (Å²) in [6.45, 7) is 2.46. The van der Waals surface area contributed by atoms with E-state index in [0.29, 0.717) is 29.4 Å². The van der Waals surface area contributed by atoms with Crippen molar-refractivity contribution in [3.05, 3.63) is 17.7 Å². The van der Waals surface area contributed by atoms with Crippen LogP contribution in [0.4, 0.5) is 0 Å². The van der Waals surface area contributed by atoms with E-state index in [1.807, 2.05) is 6.92 Å². The van der Waals surface area contributed by atoms with Crippen molar-refractivity contribution in [2.24, 2.45) is 0 Å². The van der Waals surface area contributed by atoms with Gasteiger partial charge in [0.1, 0.15) is 0 Å². The zero-order valence-corrected chi connectivity index (χ0v) is 11.5. The van der Waals surface area contributed by atoms with Crippen LogP contribution in [-0.4, -0.2) is 40.7 Å². The first-order valence-corrected chi connectivity index (χ1v) is 5.72. The first kappa shape index (κ1) is 15.1. The van der Waals surface area contributed by atoms with Gasteiger partial charge in [0.25, 0.3) is 0 Å². The number of hydrogen-bond donors (Lipinski definition) is 0. The van der Waals surface area contributed by atoms with E-state index < -0.39 is 5.97 Å². The molecule has 0 atom stereocenters. The largest absolute Gasteiger partial charge is 0.493 e. The van der Waals surface area contributed by atoms with Gasteiger partial charge >= 0.3 is 5.97 Å². The number of benzene rings is 1. The molecule has 0 fully saturated rings. The molecular formula is C13H18O6. The van der Waals surface area contributed by atoms with Gasteiger partial charge in [0, 0.05) is 6.61 Å². The predicted octanol–water partition coefficient (Wildman–Crippen LogP) is 1.86. The highest BCUT2D eigenvalue weighted by Crippen LogP contribution is 2.38. The first-order valence-electron chi connectivity index (χ1n) is 5.72. The lowest BCUT2D eigenvalue weighted by atomic mass is 10.2. The molecular weight excluding hydrogens is 252 g/mol. The molecule has 0 aliphatic heterocycles. The van der Waals surface area contributed by atoms with Crippen LogP contribution in [0.1, 0.15) is 17.3 Å². The minimum Gasteiger partial charge on any atom is -0.493 e. The quantitative estimate of drug-likeness (QED) is 0.428. The summed E-state index contributed by atoms with van der Waals surface area (Å²) in [6, 6.07) is 3.05. The van der Waals surface area contributed by atoms with E-state index in [1.165, 1.54) is 33.5 Å². The Hall–Kier alpha value is -1.95. The fourth-order valence-corrected chi connectivity index (χ4v) is 1.44. The second-order valence-electron chi connectivity index (χ2n) is 3.46. The van der Waals surface area contributed by atoms with E-state index in [1.54, 1.807) is 0 Å². The predicted molar refractivity (Wildman–Crippen MR) is 68.0 cm³/mol. The third-order valence-corrected chi connectivity index (χ3v) is 2.37. The van der Waals surface area contributed by atoms with Gasteiger partial charge in [0.15, 0.2) is 18.3 Å². The maximum absolute atomic E-state index is 11.5.